The lowest BCUT2D eigenvalue weighted by Gasteiger charge is -2.36. The summed E-state index contributed by atoms with van der Waals surface area (Å²) in [7, 11) is 0. The summed E-state index contributed by atoms with van der Waals surface area (Å²) >= 11 is 7.43. The minimum atomic E-state index is -0.109. The maximum Gasteiger partial charge on any atom is 0.264 e. The van der Waals surface area contributed by atoms with Crippen LogP contribution in [0.1, 0.15) is 20.8 Å². The number of halogens is 1. The van der Waals surface area contributed by atoms with Gasteiger partial charge in [-0.25, -0.2) is 4.98 Å². The van der Waals surface area contributed by atoms with Crippen LogP contribution in [0.5, 0.6) is 0 Å². The van der Waals surface area contributed by atoms with Gasteiger partial charge in [-0.05, 0) is 36.2 Å². The molecule has 6 nitrogen and oxygen atoms in total. The molecular formula is C25H23ClN4O2S. The molecular weight excluding hydrogens is 456 g/mol. The van der Waals surface area contributed by atoms with Gasteiger partial charge in [-0.3, -0.25) is 14.2 Å². The van der Waals surface area contributed by atoms with Crippen LogP contribution in [0.25, 0.3) is 10.2 Å². The van der Waals surface area contributed by atoms with Crippen molar-refractivity contribution in [1.82, 2.24) is 14.5 Å². The third-order valence-corrected chi connectivity index (χ3v) is 7.47. The number of benzene rings is 2. The topological polar surface area (TPSA) is 58.4 Å². The summed E-state index contributed by atoms with van der Waals surface area (Å²) in [6.07, 6.45) is 1.58. The third-order valence-electron chi connectivity index (χ3n) is 6.05. The van der Waals surface area contributed by atoms with Crippen molar-refractivity contribution in [2.24, 2.45) is 0 Å². The molecule has 0 unspecified atom stereocenters. The maximum atomic E-state index is 13.3. The van der Waals surface area contributed by atoms with E-state index in [9.17, 15) is 9.59 Å². The average Bonchev–Trinajstić information content (AvgIpc) is 3.18. The highest BCUT2D eigenvalue weighted by molar-refractivity contribution is 7.20. The number of aromatic nitrogens is 2. The van der Waals surface area contributed by atoms with Crippen molar-refractivity contribution in [3.8, 4) is 0 Å². The van der Waals surface area contributed by atoms with Gasteiger partial charge in [0.1, 0.15) is 4.83 Å². The number of anilines is 1. The molecule has 1 aliphatic heterocycles. The van der Waals surface area contributed by atoms with E-state index in [1.165, 1.54) is 11.3 Å². The predicted octanol–water partition coefficient (Wildman–Crippen LogP) is 4.43. The van der Waals surface area contributed by atoms with Crippen LogP contribution in [0.2, 0.25) is 5.02 Å². The van der Waals surface area contributed by atoms with E-state index in [4.69, 9.17) is 11.6 Å². The van der Waals surface area contributed by atoms with Crippen LogP contribution in [0.15, 0.2) is 65.7 Å². The first-order valence-electron chi connectivity index (χ1n) is 10.8. The minimum absolute atomic E-state index is 0.0322. The lowest BCUT2D eigenvalue weighted by atomic mass is 10.1. The van der Waals surface area contributed by atoms with Crippen molar-refractivity contribution in [2.75, 3.05) is 31.1 Å². The molecule has 2 aromatic heterocycles. The number of hydrogen-bond donors (Lipinski definition) is 0. The monoisotopic (exact) mass is 478 g/mol. The molecule has 8 heteroatoms. The highest BCUT2D eigenvalue weighted by atomic mass is 35.5. The largest absolute Gasteiger partial charge is 0.368 e. The second-order valence-corrected chi connectivity index (χ2v) is 9.59. The molecule has 2 aromatic carbocycles. The zero-order valence-corrected chi connectivity index (χ0v) is 19.8. The molecule has 1 fully saturated rings. The summed E-state index contributed by atoms with van der Waals surface area (Å²) < 4.78 is 1.61. The molecule has 0 aliphatic carbocycles. The Kier molecular flexibility index (Phi) is 5.91. The molecule has 0 N–H and O–H groups in total. The molecule has 0 atom stereocenters. The van der Waals surface area contributed by atoms with E-state index in [0.29, 0.717) is 39.8 Å². The lowest BCUT2D eigenvalue weighted by molar-refractivity contribution is 0.0751. The smallest absolute Gasteiger partial charge is 0.264 e. The fourth-order valence-electron chi connectivity index (χ4n) is 4.24. The number of piperazine rings is 1. The highest BCUT2D eigenvalue weighted by Crippen LogP contribution is 2.29. The Labute approximate surface area is 200 Å². The summed E-state index contributed by atoms with van der Waals surface area (Å²) in [6, 6.07) is 17.6. The van der Waals surface area contributed by atoms with Gasteiger partial charge < -0.3 is 9.80 Å². The fraction of sp³-hybridized carbons (Fsp3) is 0.240. The molecule has 4 aromatic rings. The van der Waals surface area contributed by atoms with Crippen molar-refractivity contribution in [1.29, 1.82) is 0 Å². The lowest BCUT2D eigenvalue weighted by Crippen LogP contribution is -2.48. The standard InChI is InChI=1S/C25H23ClN4O2S/c1-17-21-23(27-16-30(24(21)31)15-18-6-3-2-4-7-18)33-22(17)25(32)29-12-10-28(11-13-29)20-9-5-8-19(26)14-20/h2-9,14,16H,10-13,15H2,1H3. The number of carbonyl (C=O) groups is 1. The van der Waals surface area contributed by atoms with E-state index < -0.39 is 0 Å². The van der Waals surface area contributed by atoms with Gasteiger partial charge in [0.25, 0.3) is 11.5 Å². The summed E-state index contributed by atoms with van der Waals surface area (Å²) in [6.45, 7) is 5.00. The first kappa shape index (κ1) is 21.7. The summed E-state index contributed by atoms with van der Waals surface area (Å²) in [5.74, 6) is -0.0322. The number of thiophene rings is 1. The molecule has 0 bridgehead atoms. The Hall–Kier alpha value is -3.16. The second-order valence-electron chi connectivity index (χ2n) is 8.16. The number of hydrogen-bond acceptors (Lipinski definition) is 5. The summed E-state index contributed by atoms with van der Waals surface area (Å²) in [5, 5.41) is 1.25. The molecule has 1 saturated heterocycles. The SMILES string of the molecule is Cc1c(C(=O)N2CCN(c3cccc(Cl)c3)CC2)sc2ncn(Cc3ccccc3)c(=O)c12. The van der Waals surface area contributed by atoms with E-state index >= 15 is 0 Å². The number of carbonyl (C=O) groups excluding carboxylic acids is 1. The number of fused-ring (bicyclic) bond motifs is 1. The van der Waals surface area contributed by atoms with Gasteiger partial charge in [-0.15, -0.1) is 11.3 Å². The zero-order chi connectivity index (χ0) is 22.9. The molecule has 1 aliphatic rings. The summed E-state index contributed by atoms with van der Waals surface area (Å²) in [5.41, 5.74) is 2.71. The van der Waals surface area contributed by atoms with Crippen molar-refractivity contribution in [2.45, 2.75) is 13.5 Å². The molecule has 0 radical (unpaired) electrons. The van der Waals surface area contributed by atoms with Crippen LogP contribution in [0.3, 0.4) is 0 Å². The molecule has 168 valence electrons. The molecule has 3 heterocycles. The van der Waals surface area contributed by atoms with Gasteiger partial charge in [0.2, 0.25) is 0 Å². The quantitative estimate of drug-likeness (QED) is 0.435. The van der Waals surface area contributed by atoms with E-state index in [0.717, 1.165) is 29.9 Å². The Bertz CT molecular complexity index is 1370. The third kappa shape index (κ3) is 4.26. The van der Waals surface area contributed by atoms with Crippen molar-refractivity contribution >= 4 is 44.7 Å². The van der Waals surface area contributed by atoms with Crippen LogP contribution in [0.4, 0.5) is 5.69 Å². The average molecular weight is 479 g/mol. The number of amides is 1. The fourth-order valence-corrected chi connectivity index (χ4v) is 5.53. The van der Waals surface area contributed by atoms with Gasteiger partial charge in [0.05, 0.1) is 23.1 Å². The Morgan fingerprint density at radius 3 is 2.55 bits per heavy atom. The van der Waals surface area contributed by atoms with E-state index in [2.05, 4.69) is 9.88 Å². The van der Waals surface area contributed by atoms with Gasteiger partial charge in [0.15, 0.2) is 0 Å². The maximum absolute atomic E-state index is 13.3. The zero-order valence-electron chi connectivity index (χ0n) is 18.2. The normalized spacial score (nSPS) is 14.1. The van der Waals surface area contributed by atoms with Gasteiger partial charge in [0, 0.05) is 36.9 Å². The van der Waals surface area contributed by atoms with Crippen LogP contribution >= 0.6 is 22.9 Å². The van der Waals surface area contributed by atoms with Gasteiger partial charge >= 0.3 is 0 Å². The number of nitrogens with zero attached hydrogens (tertiary/aromatic N) is 4. The number of rotatable bonds is 4. The molecule has 5 rings (SSSR count). The number of aryl methyl sites for hydroxylation is 1. The van der Waals surface area contributed by atoms with E-state index in [-0.39, 0.29) is 11.5 Å². The predicted molar refractivity (Wildman–Crippen MR) is 134 cm³/mol. The minimum Gasteiger partial charge on any atom is -0.368 e. The van der Waals surface area contributed by atoms with Gasteiger partial charge in [-0.2, -0.15) is 0 Å². The molecule has 33 heavy (non-hydrogen) atoms. The Morgan fingerprint density at radius 2 is 1.82 bits per heavy atom. The van der Waals surface area contributed by atoms with Crippen molar-refractivity contribution in [3.05, 3.63) is 92.3 Å². The van der Waals surface area contributed by atoms with Crippen LogP contribution in [-0.4, -0.2) is 46.5 Å². The first-order chi connectivity index (χ1) is 16.0. The van der Waals surface area contributed by atoms with Crippen LogP contribution in [0, 0.1) is 6.92 Å². The first-order valence-corrected chi connectivity index (χ1v) is 12.0. The van der Waals surface area contributed by atoms with Gasteiger partial charge in [-0.1, -0.05) is 48.0 Å². The second kappa shape index (κ2) is 9.00. The van der Waals surface area contributed by atoms with E-state index in [1.807, 2.05) is 66.4 Å². The molecule has 0 spiro atoms. The summed E-state index contributed by atoms with van der Waals surface area (Å²) in [4.78, 5) is 36.3. The van der Waals surface area contributed by atoms with Crippen LogP contribution in [-0.2, 0) is 6.54 Å². The Morgan fingerprint density at radius 1 is 1.06 bits per heavy atom. The van der Waals surface area contributed by atoms with Crippen LogP contribution < -0.4 is 10.5 Å². The molecule has 0 saturated carbocycles. The van der Waals surface area contributed by atoms with Crippen molar-refractivity contribution < 1.29 is 4.79 Å². The molecule has 1 amide bonds. The highest BCUT2D eigenvalue weighted by Gasteiger charge is 2.27. The van der Waals surface area contributed by atoms with E-state index in [1.54, 1.807) is 10.9 Å². The van der Waals surface area contributed by atoms with Crippen molar-refractivity contribution in [3.63, 3.8) is 0 Å². The Balaban J connectivity index is 1.36.